The molecular weight excluding hydrogens is 200 g/mol. The molecule has 0 aromatic heterocycles. The molecule has 3 heteroatoms. The summed E-state index contributed by atoms with van der Waals surface area (Å²) < 4.78 is 0. The minimum absolute atomic E-state index is 0.198. The Morgan fingerprint density at radius 2 is 1.94 bits per heavy atom. The van der Waals surface area contributed by atoms with Crippen molar-refractivity contribution < 1.29 is 5.11 Å². The van der Waals surface area contributed by atoms with Gasteiger partial charge in [-0.25, -0.2) is 0 Å². The molecule has 0 spiro atoms. The number of aliphatic hydroxyl groups excluding tert-OH is 1. The molecule has 0 radical (unpaired) electrons. The van der Waals surface area contributed by atoms with E-state index in [9.17, 15) is 5.11 Å². The molecule has 1 atom stereocenters. The average molecular weight is 220 g/mol. The lowest BCUT2D eigenvalue weighted by molar-refractivity contribution is 0.273. The standard InChI is InChI=1S/C13H20N2O/c1-10(9-16)11-5-4-6-12-13(11)15(3)8-7-14(12)2/h4-6,10,16H,7-9H2,1-3H3. The lowest BCUT2D eigenvalue weighted by Gasteiger charge is -2.37. The van der Waals surface area contributed by atoms with Crippen LogP contribution in [0.1, 0.15) is 18.4 Å². The number of para-hydroxylation sites is 1. The molecule has 1 heterocycles. The fourth-order valence-corrected chi connectivity index (χ4v) is 2.30. The third-order valence-corrected chi connectivity index (χ3v) is 3.41. The molecule has 1 N–H and O–H groups in total. The predicted molar refractivity (Wildman–Crippen MR) is 68.5 cm³/mol. The topological polar surface area (TPSA) is 26.7 Å². The van der Waals surface area contributed by atoms with E-state index >= 15 is 0 Å². The van der Waals surface area contributed by atoms with Crippen LogP contribution >= 0.6 is 0 Å². The van der Waals surface area contributed by atoms with E-state index in [0.717, 1.165) is 13.1 Å². The van der Waals surface area contributed by atoms with Gasteiger partial charge in [0.15, 0.2) is 0 Å². The van der Waals surface area contributed by atoms with Crippen molar-refractivity contribution in [3.8, 4) is 0 Å². The van der Waals surface area contributed by atoms with E-state index in [-0.39, 0.29) is 12.5 Å². The Labute approximate surface area is 97.3 Å². The molecule has 0 saturated carbocycles. The van der Waals surface area contributed by atoms with E-state index in [0.29, 0.717) is 0 Å². The van der Waals surface area contributed by atoms with Gasteiger partial charge in [-0.2, -0.15) is 0 Å². The smallest absolute Gasteiger partial charge is 0.0638 e. The van der Waals surface area contributed by atoms with E-state index < -0.39 is 0 Å². The van der Waals surface area contributed by atoms with Crippen LogP contribution < -0.4 is 9.80 Å². The van der Waals surface area contributed by atoms with Crippen LogP contribution in [0.4, 0.5) is 11.4 Å². The molecule has 2 rings (SSSR count). The second-order valence-electron chi connectivity index (χ2n) is 4.64. The molecule has 0 saturated heterocycles. The number of fused-ring (bicyclic) bond motifs is 1. The van der Waals surface area contributed by atoms with Gasteiger partial charge >= 0.3 is 0 Å². The predicted octanol–water partition coefficient (Wildman–Crippen LogP) is 1.67. The van der Waals surface area contributed by atoms with Gasteiger partial charge < -0.3 is 14.9 Å². The zero-order chi connectivity index (χ0) is 11.7. The Bertz CT molecular complexity index is 378. The van der Waals surface area contributed by atoms with Gasteiger partial charge in [0.1, 0.15) is 0 Å². The summed E-state index contributed by atoms with van der Waals surface area (Å²) >= 11 is 0. The van der Waals surface area contributed by atoms with Gasteiger partial charge in [-0.3, -0.25) is 0 Å². The fraction of sp³-hybridized carbons (Fsp3) is 0.538. The monoisotopic (exact) mass is 220 g/mol. The molecular formula is C13H20N2O. The number of hydrogen-bond donors (Lipinski definition) is 1. The summed E-state index contributed by atoms with van der Waals surface area (Å²) in [7, 11) is 4.25. The summed E-state index contributed by atoms with van der Waals surface area (Å²) in [4.78, 5) is 4.57. The Kier molecular flexibility index (Phi) is 3.06. The molecule has 3 nitrogen and oxygen atoms in total. The van der Waals surface area contributed by atoms with Crippen LogP contribution in [0, 0.1) is 0 Å². The molecule has 0 aliphatic carbocycles. The summed E-state index contributed by atoms with van der Waals surface area (Å²) in [6, 6.07) is 6.35. The van der Waals surface area contributed by atoms with Crippen molar-refractivity contribution in [1.29, 1.82) is 0 Å². The molecule has 1 aliphatic heterocycles. The Balaban J connectivity index is 2.51. The number of aliphatic hydroxyl groups is 1. The number of rotatable bonds is 2. The molecule has 1 unspecified atom stereocenters. The van der Waals surface area contributed by atoms with E-state index in [1.165, 1.54) is 16.9 Å². The van der Waals surface area contributed by atoms with Crippen LogP contribution in [0.2, 0.25) is 0 Å². The largest absolute Gasteiger partial charge is 0.396 e. The van der Waals surface area contributed by atoms with Gasteiger partial charge in [0.25, 0.3) is 0 Å². The highest BCUT2D eigenvalue weighted by atomic mass is 16.3. The molecule has 1 aliphatic rings. The van der Waals surface area contributed by atoms with Crippen LogP contribution in [0.25, 0.3) is 0 Å². The molecule has 1 aromatic rings. The molecule has 88 valence electrons. The average Bonchev–Trinajstić information content (AvgIpc) is 2.32. The zero-order valence-electron chi connectivity index (χ0n) is 10.3. The van der Waals surface area contributed by atoms with E-state index in [1.54, 1.807) is 0 Å². The van der Waals surface area contributed by atoms with E-state index in [2.05, 4.69) is 49.0 Å². The summed E-state index contributed by atoms with van der Waals surface area (Å²) in [5.41, 5.74) is 3.79. The third kappa shape index (κ3) is 1.76. The van der Waals surface area contributed by atoms with Gasteiger partial charge in [0.2, 0.25) is 0 Å². The van der Waals surface area contributed by atoms with Crippen LogP contribution in [0.5, 0.6) is 0 Å². The van der Waals surface area contributed by atoms with Crippen LogP contribution in [0.15, 0.2) is 18.2 Å². The van der Waals surface area contributed by atoms with Gasteiger partial charge in [0, 0.05) is 39.7 Å². The molecule has 0 amide bonds. The van der Waals surface area contributed by atoms with Crippen molar-refractivity contribution in [3.05, 3.63) is 23.8 Å². The normalized spacial score (nSPS) is 17.2. The minimum atomic E-state index is 0.198. The maximum absolute atomic E-state index is 9.31. The fourth-order valence-electron chi connectivity index (χ4n) is 2.30. The first-order chi connectivity index (χ1) is 7.65. The van der Waals surface area contributed by atoms with Crippen molar-refractivity contribution in [2.75, 3.05) is 43.6 Å². The molecule has 0 bridgehead atoms. The zero-order valence-corrected chi connectivity index (χ0v) is 10.3. The number of benzene rings is 1. The maximum Gasteiger partial charge on any atom is 0.0638 e. The Morgan fingerprint density at radius 3 is 2.62 bits per heavy atom. The van der Waals surface area contributed by atoms with Crippen molar-refractivity contribution in [3.63, 3.8) is 0 Å². The first-order valence-corrected chi connectivity index (χ1v) is 5.81. The van der Waals surface area contributed by atoms with Crippen molar-refractivity contribution >= 4 is 11.4 Å². The lowest BCUT2D eigenvalue weighted by atomic mass is 9.97. The SMILES string of the molecule is CC(CO)c1cccc2c1N(C)CCN2C. The highest BCUT2D eigenvalue weighted by Crippen LogP contribution is 2.37. The summed E-state index contributed by atoms with van der Waals surface area (Å²) in [5, 5.41) is 9.31. The molecule has 0 fully saturated rings. The summed E-state index contributed by atoms with van der Waals surface area (Å²) in [5.74, 6) is 0.198. The number of hydrogen-bond acceptors (Lipinski definition) is 3. The van der Waals surface area contributed by atoms with Crippen molar-refractivity contribution in [2.45, 2.75) is 12.8 Å². The van der Waals surface area contributed by atoms with Gasteiger partial charge in [-0.1, -0.05) is 19.1 Å². The van der Waals surface area contributed by atoms with Gasteiger partial charge in [-0.05, 0) is 11.6 Å². The number of anilines is 2. The van der Waals surface area contributed by atoms with Crippen LogP contribution in [0.3, 0.4) is 0 Å². The van der Waals surface area contributed by atoms with Crippen LogP contribution in [-0.2, 0) is 0 Å². The first-order valence-electron chi connectivity index (χ1n) is 5.81. The number of nitrogens with zero attached hydrogens (tertiary/aromatic N) is 2. The number of likely N-dealkylation sites (N-methyl/N-ethyl adjacent to an activating group) is 2. The molecule has 16 heavy (non-hydrogen) atoms. The quantitative estimate of drug-likeness (QED) is 0.821. The maximum atomic E-state index is 9.31. The minimum Gasteiger partial charge on any atom is -0.396 e. The van der Waals surface area contributed by atoms with Crippen molar-refractivity contribution in [1.82, 2.24) is 0 Å². The van der Waals surface area contributed by atoms with Crippen molar-refractivity contribution in [2.24, 2.45) is 0 Å². The Hall–Kier alpha value is -1.22. The summed E-state index contributed by atoms with van der Waals surface area (Å²) in [6.07, 6.45) is 0. The second-order valence-corrected chi connectivity index (χ2v) is 4.64. The first kappa shape index (κ1) is 11.3. The van der Waals surface area contributed by atoms with Crippen LogP contribution in [-0.4, -0.2) is 38.9 Å². The third-order valence-electron chi connectivity index (χ3n) is 3.41. The van der Waals surface area contributed by atoms with E-state index in [1.807, 2.05) is 0 Å². The Morgan fingerprint density at radius 1 is 1.25 bits per heavy atom. The van der Waals surface area contributed by atoms with Gasteiger partial charge in [0.05, 0.1) is 11.4 Å². The van der Waals surface area contributed by atoms with E-state index in [4.69, 9.17) is 0 Å². The molecule has 1 aromatic carbocycles. The van der Waals surface area contributed by atoms with Gasteiger partial charge in [-0.15, -0.1) is 0 Å². The summed E-state index contributed by atoms with van der Waals surface area (Å²) in [6.45, 7) is 4.37. The lowest BCUT2D eigenvalue weighted by Crippen LogP contribution is -2.37. The second kappa shape index (κ2) is 4.34. The highest BCUT2D eigenvalue weighted by molar-refractivity contribution is 5.76. The highest BCUT2D eigenvalue weighted by Gasteiger charge is 2.22.